The second-order valence-electron chi connectivity index (χ2n) is 1.75. The van der Waals surface area contributed by atoms with Crippen LogP contribution in [0, 0.1) is 0 Å². The molecule has 0 saturated heterocycles. The van der Waals surface area contributed by atoms with E-state index in [9.17, 15) is 4.79 Å². The highest BCUT2D eigenvalue weighted by Gasteiger charge is 1.79. The first-order chi connectivity index (χ1) is 5.27. The van der Waals surface area contributed by atoms with Gasteiger partial charge in [0, 0.05) is 0 Å². The highest BCUT2D eigenvalue weighted by molar-refractivity contribution is 6.27. The van der Waals surface area contributed by atoms with Crippen LogP contribution < -0.4 is 5.73 Å². The lowest BCUT2D eigenvalue weighted by Crippen LogP contribution is -2.10. The predicted octanol–water partition coefficient (Wildman–Crippen LogP) is 1.40. The van der Waals surface area contributed by atoms with Crippen molar-refractivity contribution in [3.05, 3.63) is 36.4 Å². The summed E-state index contributed by atoms with van der Waals surface area (Å²) in [7, 11) is 0. The molecule has 11 heavy (non-hydrogen) atoms. The van der Waals surface area contributed by atoms with Crippen LogP contribution in [0.15, 0.2) is 36.4 Å². The topological polar surface area (TPSA) is 43.1 Å². The monoisotopic (exact) mass is 171 g/mol. The van der Waals surface area contributed by atoms with E-state index in [1.54, 1.807) is 0 Å². The van der Waals surface area contributed by atoms with Gasteiger partial charge >= 0.3 is 0 Å². The Bertz CT molecular complexity index is 162. The van der Waals surface area contributed by atoms with E-state index in [-0.39, 0.29) is 5.88 Å². The van der Waals surface area contributed by atoms with Gasteiger partial charge in [0.2, 0.25) is 5.91 Å². The molecule has 0 spiro atoms. The van der Waals surface area contributed by atoms with Crippen LogP contribution in [-0.4, -0.2) is 11.8 Å². The summed E-state index contributed by atoms with van der Waals surface area (Å²) in [6.45, 7) is 0. The van der Waals surface area contributed by atoms with E-state index in [2.05, 4.69) is 5.73 Å². The first-order valence-corrected chi connectivity index (χ1v) is 3.65. The molecule has 0 aliphatic rings. The molecule has 2 nitrogen and oxygen atoms in total. The van der Waals surface area contributed by atoms with Crippen LogP contribution in [0.4, 0.5) is 0 Å². The Balaban J connectivity index is 0.000000187. The van der Waals surface area contributed by atoms with Crippen LogP contribution in [0.1, 0.15) is 0 Å². The fourth-order valence-corrected chi connectivity index (χ4v) is 0.385. The normalized spacial score (nSPS) is 7.73. The molecule has 0 atom stereocenters. The maximum atomic E-state index is 9.46. The number of alkyl halides is 1. The fourth-order valence-electron chi connectivity index (χ4n) is 0.385. The summed E-state index contributed by atoms with van der Waals surface area (Å²) in [4.78, 5) is 9.46. The Labute approximate surface area is 71.0 Å². The lowest BCUT2D eigenvalue weighted by Gasteiger charge is -1.71. The minimum atomic E-state index is -0.480. The summed E-state index contributed by atoms with van der Waals surface area (Å²) in [6.07, 6.45) is 0. The molecule has 0 aromatic heterocycles. The van der Waals surface area contributed by atoms with Gasteiger partial charge in [-0.3, -0.25) is 4.79 Å². The van der Waals surface area contributed by atoms with Crippen molar-refractivity contribution in [3.63, 3.8) is 0 Å². The Hall–Kier alpha value is -1.02. The molecule has 1 amide bonds. The quantitative estimate of drug-likeness (QED) is 0.638. The van der Waals surface area contributed by atoms with Crippen molar-refractivity contribution in [2.75, 3.05) is 5.88 Å². The molecule has 0 heterocycles. The minimum Gasteiger partial charge on any atom is -0.369 e. The second-order valence-corrected chi connectivity index (χ2v) is 2.02. The van der Waals surface area contributed by atoms with Crippen molar-refractivity contribution in [1.82, 2.24) is 0 Å². The summed E-state index contributed by atoms with van der Waals surface area (Å²) >= 11 is 4.86. The van der Waals surface area contributed by atoms with E-state index < -0.39 is 5.91 Å². The maximum Gasteiger partial charge on any atom is 0.232 e. The number of nitrogens with two attached hydrogens (primary N) is 1. The molecule has 0 bridgehead atoms. The molecule has 0 radical (unpaired) electrons. The molecule has 0 aliphatic heterocycles. The van der Waals surface area contributed by atoms with Crippen LogP contribution in [0.3, 0.4) is 0 Å². The number of carbonyl (C=O) groups is 1. The number of primary amides is 1. The van der Waals surface area contributed by atoms with Gasteiger partial charge < -0.3 is 5.73 Å². The van der Waals surface area contributed by atoms with E-state index >= 15 is 0 Å². The largest absolute Gasteiger partial charge is 0.369 e. The molecular weight excluding hydrogens is 162 g/mol. The van der Waals surface area contributed by atoms with E-state index in [4.69, 9.17) is 11.6 Å². The van der Waals surface area contributed by atoms with Gasteiger partial charge in [-0.2, -0.15) is 0 Å². The third-order valence-corrected chi connectivity index (χ3v) is 1.06. The van der Waals surface area contributed by atoms with Gasteiger partial charge in [0.25, 0.3) is 0 Å². The first kappa shape index (κ1) is 9.98. The Kier molecular flexibility index (Phi) is 6.43. The van der Waals surface area contributed by atoms with Gasteiger partial charge in [0.05, 0.1) is 0 Å². The first-order valence-electron chi connectivity index (χ1n) is 3.11. The van der Waals surface area contributed by atoms with Crippen molar-refractivity contribution in [3.8, 4) is 0 Å². The molecule has 0 unspecified atom stereocenters. The number of amides is 1. The highest BCUT2D eigenvalue weighted by Crippen LogP contribution is 1.79. The van der Waals surface area contributed by atoms with E-state index in [1.807, 2.05) is 36.4 Å². The number of benzene rings is 1. The molecule has 0 fully saturated rings. The number of hydrogen-bond donors (Lipinski definition) is 1. The Morgan fingerprint density at radius 3 is 1.36 bits per heavy atom. The van der Waals surface area contributed by atoms with Crippen molar-refractivity contribution >= 4 is 17.5 Å². The third-order valence-electron chi connectivity index (χ3n) is 0.798. The molecule has 3 heteroatoms. The lowest BCUT2D eigenvalue weighted by atomic mass is 10.4. The molecule has 1 rings (SSSR count). The van der Waals surface area contributed by atoms with E-state index in [0.29, 0.717) is 0 Å². The SMILES string of the molecule is NC(=O)CCl.c1ccccc1. The zero-order chi connectivity index (χ0) is 8.53. The van der Waals surface area contributed by atoms with Crippen molar-refractivity contribution in [1.29, 1.82) is 0 Å². The van der Waals surface area contributed by atoms with Crippen LogP contribution in [0.25, 0.3) is 0 Å². The molecule has 0 saturated carbocycles. The maximum absolute atomic E-state index is 9.46. The molecular formula is C8H10ClNO. The van der Waals surface area contributed by atoms with Crippen LogP contribution in [0.5, 0.6) is 0 Å². The van der Waals surface area contributed by atoms with Crippen LogP contribution >= 0.6 is 11.6 Å². The van der Waals surface area contributed by atoms with Crippen LogP contribution in [-0.2, 0) is 4.79 Å². The number of carbonyl (C=O) groups excluding carboxylic acids is 1. The summed E-state index contributed by atoms with van der Waals surface area (Å²) < 4.78 is 0. The second kappa shape index (κ2) is 7.09. The van der Waals surface area contributed by atoms with Gasteiger partial charge in [0.15, 0.2) is 0 Å². The van der Waals surface area contributed by atoms with Crippen LogP contribution in [0.2, 0.25) is 0 Å². The van der Waals surface area contributed by atoms with E-state index in [0.717, 1.165) is 0 Å². The molecule has 2 N–H and O–H groups in total. The van der Waals surface area contributed by atoms with Crippen molar-refractivity contribution in [2.24, 2.45) is 5.73 Å². The summed E-state index contributed by atoms with van der Waals surface area (Å²) in [5.74, 6) is -0.563. The standard InChI is InChI=1S/C6H6.C2H4ClNO/c1-2-4-6-5-3-1;3-1-2(4)5/h1-6H;1H2,(H2,4,5). The van der Waals surface area contributed by atoms with Gasteiger partial charge in [0.1, 0.15) is 5.88 Å². The zero-order valence-corrected chi connectivity index (χ0v) is 6.79. The Morgan fingerprint density at radius 1 is 1.09 bits per heavy atom. The Morgan fingerprint density at radius 2 is 1.27 bits per heavy atom. The average Bonchev–Trinajstić information content (AvgIpc) is 2.09. The number of rotatable bonds is 1. The summed E-state index contributed by atoms with van der Waals surface area (Å²) in [5.41, 5.74) is 4.52. The molecule has 0 aliphatic carbocycles. The molecule has 1 aromatic carbocycles. The van der Waals surface area contributed by atoms with Crippen molar-refractivity contribution < 1.29 is 4.79 Å². The molecule has 1 aromatic rings. The van der Waals surface area contributed by atoms with Gasteiger partial charge in [-0.05, 0) is 0 Å². The molecule has 60 valence electrons. The highest BCUT2D eigenvalue weighted by atomic mass is 35.5. The zero-order valence-electron chi connectivity index (χ0n) is 6.03. The van der Waals surface area contributed by atoms with Crippen molar-refractivity contribution in [2.45, 2.75) is 0 Å². The van der Waals surface area contributed by atoms with Gasteiger partial charge in [-0.1, -0.05) is 36.4 Å². The number of hydrogen-bond acceptors (Lipinski definition) is 1. The minimum absolute atomic E-state index is 0.0833. The van der Waals surface area contributed by atoms with E-state index in [1.165, 1.54) is 0 Å². The van der Waals surface area contributed by atoms with Gasteiger partial charge in [-0.15, -0.1) is 11.6 Å². The predicted molar refractivity (Wildman–Crippen MR) is 46.4 cm³/mol. The van der Waals surface area contributed by atoms with Gasteiger partial charge in [-0.25, -0.2) is 0 Å². The lowest BCUT2D eigenvalue weighted by molar-refractivity contribution is -0.115. The smallest absolute Gasteiger partial charge is 0.232 e. The summed E-state index contributed by atoms with van der Waals surface area (Å²) in [6, 6.07) is 12.0. The fraction of sp³-hybridized carbons (Fsp3) is 0.125. The summed E-state index contributed by atoms with van der Waals surface area (Å²) in [5, 5.41) is 0. The average molecular weight is 172 g/mol. The third kappa shape index (κ3) is 8.98. The number of halogens is 1.